The highest BCUT2D eigenvalue weighted by Gasteiger charge is 2.41. The highest BCUT2D eigenvalue weighted by molar-refractivity contribution is 5.80. The number of fused-ring (bicyclic) bond motifs is 2. The van der Waals surface area contributed by atoms with Crippen molar-refractivity contribution in [2.45, 2.75) is 44.1 Å². The van der Waals surface area contributed by atoms with Crippen LogP contribution in [0.25, 0.3) is 0 Å². The van der Waals surface area contributed by atoms with Crippen LogP contribution in [0, 0.1) is 0 Å². The molecule has 6 nitrogen and oxygen atoms in total. The summed E-state index contributed by atoms with van der Waals surface area (Å²) < 4.78 is 5.88. The van der Waals surface area contributed by atoms with Gasteiger partial charge in [0.05, 0.1) is 18.2 Å². The van der Waals surface area contributed by atoms with E-state index in [0.29, 0.717) is 18.2 Å². The van der Waals surface area contributed by atoms with E-state index in [-0.39, 0.29) is 0 Å². The first kappa shape index (κ1) is 15.1. The lowest BCUT2D eigenvalue weighted by molar-refractivity contribution is 0.0992. The van der Waals surface area contributed by atoms with Crippen molar-refractivity contribution >= 4 is 11.8 Å². The first-order valence-electron chi connectivity index (χ1n) is 7.90. The third-order valence-electron chi connectivity index (χ3n) is 4.38. The predicted molar refractivity (Wildman–Crippen MR) is 88.2 cm³/mol. The number of nitrogens with zero attached hydrogens (tertiary/aromatic N) is 3. The third-order valence-corrected chi connectivity index (χ3v) is 4.38. The Morgan fingerprint density at radius 2 is 2.32 bits per heavy atom. The summed E-state index contributed by atoms with van der Waals surface area (Å²) in [6.07, 6.45) is 6.10. The van der Waals surface area contributed by atoms with Gasteiger partial charge in [0, 0.05) is 33.9 Å². The Bertz CT molecular complexity index is 545. The van der Waals surface area contributed by atoms with Crippen LogP contribution in [0.3, 0.4) is 0 Å². The number of guanidine groups is 1. The lowest BCUT2D eigenvalue weighted by Gasteiger charge is -2.22. The fraction of sp³-hybridized carbons (Fsp3) is 0.625. The highest BCUT2D eigenvalue weighted by Crippen LogP contribution is 2.34. The van der Waals surface area contributed by atoms with Crippen LogP contribution in [0.1, 0.15) is 24.8 Å². The van der Waals surface area contributed by atoms with Gasteiger partial charge in [-0.25, -0.2) is 4.98 Å². The van der Waals surface area contributed by atoms with Crippen molar-refractivity contribution in [1.82, 2.24) is 15.6 Å². The quantitative estimate of drug-likeness (QED) is 0.645. The number of anilines is 1. The summed E-state index contributed by atoms with van der Waals surface area (Å²) in [5.41, 5.74) is 1.19. The van der Waals surface area contributed by atoms with E-state index in [0.717, 1.165) is 31.2 Å². The maximum absolute atomic E-state index is 5.88. The Kier molecular flexibility index (Phi) is 4.47. The monoisotopic (exact) mass is 303 g/mol. The molecule has 3 rings (SSSR count). The maximum atomic E-state index is 5.88. The van der Waals surface area contributed by atoms with Crippen LogP contribution in [-0.2, 0) is 11.3 Å². The molecular formula is C16H25N5O. The minimum absolute atomic E-state index is 0.352. The van der Waals surface area contributed by atoms with E-state index >= 15 is 0 Å². The first-order valence-corrected chi connectivity index (χ1v) is 7.90. The van der Waals surface area contributed by atoms with Crippen molar-refractivity contribution in [3.8, 4) is 0 Å². The molecule has 0 amide bonds. The number of hydrogen-bond acceptors (Lipinski definition) is 4. The molecule has 2 N–H and O–H groups in total. The van der Waals surface area contributed by atoms with Gasteiger partial charge in [-0.3, -0.25) is 4.99 Å². The standard InChI is InChI=1S/C16H25N5O/c1-17-16(20-13-9-12-4-5-14(13)22-12)19-10-11-6-7-18-15(8-11)21(2)3/h6-8,12-14H,4-5,9-10H2,1-3H3,(H2,17,19,20). The van der Waals surface area contributed by atoms with Crippen LogP contribution in [0.2, 0.25) is 0 Å². The van der Waals surface area contributed by atoms with Crippen molar-refractivity contribution in [1.29, 1.82) is 0 Å². The molecule has 2 saturated heterocycles. The average molecular weight is 303 g/mol. The molecule has 3 atom stereocenters. The van der Waals surface area contributed by atoms with Crippen LogP contribution in [-0.4, -0.2) is 50.3 Å². The maximum Gasteiger partial charge on any atom is 0.191 e. The van der Waals surface area contributed by atoms with Crippen molar-refractivity contribution < 1.29 is 4.74 Å². The normalized spacial score (nSPS) is 27.0. The van der Waals surface area contributed by atoms with Crippen molar-refractivity contribution in [3.63, 3.8) is 0 Å². The number of pyridine rings is 1. The zero-order chi connectivity index (χ0) is 15.5. The summed E-state index contributed by atoms with van der Waals surface area (Å²) in [4.78, 5) is 10.7. The lowest BCUT2D eigenvalue weighted by atomic mass is 9.96. The molecule has 0 aromatic carbocycles. The second kappa shape index (κ2) is 6.52. The molecule has 1 aromatic rings. The van der Waals surface area contributed by atoms with Crippen molar-refractivity contribution in [2.24, 2.45) is 4.99 Å². The van der Waals surface area contributed by atoms with Gasteiger partial charge in [-0.1, -0.05) is 0 Å². The molecular weight excluding hydrogens is 278 g/mol. The summed E-state index contributed by atoms with van der Waals surface area (Å²) in [6.45, 7) is 0.727. The van der Waals surface area contributed by atoms with E-state index in [2.05, 4.69) is 26.7 Å². The minimum Gasteiger partial charge on any atom is -0.373 e. The minimum atomic E-state index is 0.352. The largest absolute Gasteiger partial charge is 0.373 e. The van der Waals surface area contributed by atoms with E-state index in [4.69, 9.17) is 4.74 Å². The van der Waals surface area contributed by atoms with Gasteiger partial charge in [-0.2, -0.15) is 0 Å². The molecule has 0 radical (unpaired) electrons. The van der Waals surface area contributed by atoms with Crippen molar-refractivity contribution in [3.05, 3.63) is 23.9 Å². The number of rotatable bonds is 4. The zero-order valence-corrected chi connectivity index (χ0v) is 13.5. The van der Waals surface area contributed by atoms with Gasteiger partial charge in [0.2, 0.25) is 0 Å². The van der Waals surface area contributed by atoms with Crippen LogP contribution < -0.4 is 15.5 Å². The Balaban J connectivity index is 1.54. The van der Waals surface area contributed by atoms with Gasteiger partial charge < -0.3 is 20.3 Å². The summed E-state index contributed by atoms with van der Waals surface area (Å²) in [7, 11) is 5.80. The Hall–Kier alpha value is -1.82. The number of aliphatic imine (C=N–C) groups is 1. The number of hydrogen-bond donors (Lipinski definition) is 2. The van der Waals surface area contributed by atoms with Crippen LogP contribution in [0.4, 0.5) is 5.82 Å². The topological polar surface area (TPSA) is 61.8 Å². The summed E-state index contributed by atoms with van der Waals surface area (Å²) in [5.74, 6) is 1.80. The van der Waals surface area contributed by atoms with E-state index in [9.17, 15) is 0 Å². The summed E-state index contributed by atoms with van der Waals surface area (Å²) >= 11 is 0. The van der Waals surface area contributed by atoms with E-state index in [1.807, 2.05) is 31.3 Å². The Morgan fingerprint density at radius 3 is 2.95 bits per heavy atom. The summed E-state index contributed by atoms with van der Waals surface area (Å²) in [5, 5.41) is 6.87. The Morgan fingerprint density at radius 1 is 1.45 bits per heavy atom. The van der Waals surface area contributed by atoms with Gasteiger partial charge in [-0.05, 0) is 37.0 Å². The molecule has 0 saturated carbocycles. The second-order valence-electron chi connectivity index (χ2n) is 6.20. The molecule has 0 spiro atoms. The molecule has 3 heterocycles. The lowest BCUT2D eigenvalue weighted by Crippen LogP contribution is -2.47. The van der Waals surface area contributed by atoms with Gasteiger partial charge in [0.25, 0.3) is 0 Å². The molecule has 2 aliphatic heterocycles. The molecule has 0 aliphatic carbocycles. The summed E-state index contributed by atoms with van der Waals surface area (Å²) in [6, 6.07) is 4.49. The molecule has 6 heteroatoms. The Labute approximate surface area is 132 Å². The van der Waals surface area contributed by atoms with Gasteiger partial charge in [-0.15, -0.1) is 0 Å². The van der Waals surface area contributed by atoms with E-state index in [1.165, 1.54) is 12.0 Å². The smallest absolute Gasteiger partial charge is 0.191 e. The zero-order valence-electron chi connectivity index (χ0n) is 13.5. The molecule has 2 fully saturated rings. The first-order chi connectivity index (χ1) is 10.7. The third kappa shape index (κ3) is 3.32. The van der Waals surface area contributed by atoms with Crippen LogP contribution >= 0.6 is 0 Å². The number of aromatic nitrogens is 1. The van der Waals surface area contributed by atoms with E-state index in [1.54, 1.807) is 7.05 Å². The number of nitrogens with one attached hydrogen (secondary N) is 2. The molecule has 1 aromatic heterocycles. The number of ether oxygens (including phenoxy) is 1. The van der Waals surface area contributed by atoms with Gasteiger partial charge in [0.15, 0.2) is 5.96 Å². The average Bonchev–Trinajstić information content (AvgIpc) is 3.14. The van der Waals surface area contributed by atoms with Gasteiger partial charge >= 0.3 is 0 Å². The molecule has 22 heavy (non-hydrogen) atoms. The molecule has 2 aliphatic rings. The SMILES string of the molecule is CN=C(NCc1ccnc(N(C)C)c1)NC1CC2CCC1O2. The van der Waals surface area contributed by atoms with E-state index < -0.39 is 0 Å². The molecule has 3 unspecified atom stereocenters. The fourth-order valence-electron chi connectivity index (χ4n) is 3.16. The fourth-order valence-corrected chi connectivity index (χ4v) is 3.16. The second-order valence-corrected chi connectivity index (χ2v) is 6.20. The van der Waals surface area contributed by atoms with Gasteiger partial charge in [0.1, 0.15) is 5.82 Å². The highest BCUT2D eigenvalue weighted by atomic mass is 16.5. The predicted octanol–water partition coefficient (Wildman–Crippen LogP) is 1.13. The van der Waals surface area contributed by atoms with Crippen LogP contribution in [0.15, 0.2) is 23.3 Å². The van der Waals surface area contributed by atoms with Crippen LogP contribution in [0.5, 0.6) is 0 Å². The van der Waals surface area contributed by atoms with Crippen molar-refractivity contribution in [2.75, 3.05) is 26.0 Å². The molecule has 120 valence electrons. The molecule has 2 bridgehead atoms.